The molecule has 88 valence electrons. The summed E-state index contributed by atoms with van der Waals surface area (Å²) in [4.78, 5) is 13.7. The van der Waals surface area contributed by atoms with E-state index in [0.29, 0.717) is 5.92 Å². The first-order valence-corrected chi connectivity index (χ1v) is 5.72. The van der Waals surface area contributed by atoms with E-state index in [9.17, 15) is 4.79 Å². The van der Waals surface area contributed by atoms with Gasteiger partial charge in [-0.05, 0) is 12.8 Å². The summed E-state index contributed by atoms with van der Waals surface area (Å²) >= 11 is 0. The monoisotopic (exact) mass is 214 g/mol. The highest BCUT2D eigenvalue weighted by Gasteiger charge is 2.28. The number of likely N-dealkylation sites (tertiary alicyclic amines) is 1. The molecule has 4 heteroatoms. The van der Waals surface area contributed by atoms with E-state index in [0.717, 1.165) is 39.0 Å². The van der Waals surface area contributed by atoms with Gasteiger partial charge in [-0.3, -0.25) is 4.79 Å². The van der Waals surface area contributed by atoms with Gasteiger partial charge in [0.1, 0.15) is 0 Å². The molecule has 2 unspecified atom stereocenters. The van der Waals surface area contributed by atoms with Crippen LogP contribution in [-0.2, 0) is 9.53 Å². The number of ether oxygens (including phenoxy) is 1. The van der Waals surface area contributed by atoms with Crippen LogP contribution in [0.15, 0.2) is 0 Å². The van der Waals surface area contributed by atoms with Crippen molar-refractivity contribution in [1.82, 2.24) is 4.90 Å². The normalized spacial score (nSPS) is 23.1. The summed E-state index contributed by atoms with van der Waals surface area (Å²) in [6.45, 7) is 4.44. The van der Waals surface area contributed by atoms with E-state index in [2.05, 4.69) is 0 Å². The van der Waals surface area contributed by atoms with Gasteiger partial charge in [0.05, 0.1) is 12.6 Å². The fraction of sp³-hybridized carbons (Fsp3) is 0.909. The van der Waals surface area contributed by atoms with Gasteiger partial charge in [-0.2, -0.15) is 0 Å². The van der Waals surface area contributed by atoms with Crippen molar-refractivity contribution in [3.63, 3.8) is 0 Å². The third-order valence-electron chi connectivity index (χ3n) is 2.92. The molecule has 0 aromatic heterocycles. The summed E-state index contributed by atoms with van der Waals surface area (Å²) < 4.78 is 5.09. The first-order chi connectivity index (χ1) is 7.19. The molecule has 0 spiro atoms. The van der Waals surface area contributed by atoms with Crippen molar-refractivity contribution in [2.45, 2.75) is 32.2 Å². The first-order valence-electron chi connectivity index (χ1n) is 5.72. The van der Waals surface area contributed by atoms with Crippen molar-refractivity contribution < 1.29 is 9.53 Å². The van der Waals surface area contributed by atoms with E-state index in [-0.39, 0.29) is 11.9 Å². The van der Waals surface area contributed by atoms with Gasteiger partial charge in [0.2, 0.25) is 5.91 Å². The molecule has 0 aliphatic carbocycles. The molecule has 0 aromatic carbocycles. The largest absolute Gasteiger partial charge is 0.384 e. The number of hydrogen-bond acceptors (Lipinski definition) is 3. The Balaban J connectivity index is 2.35. The summed E-state index contributed by atoms with van der Waals surface area (Å²) in [5.41, 5.74) is 5.80. The van der Waals surface area contributed by atoms with Crippen LogP contribution in [0.25, 0.3) is 0 Å². The van der Waals surface area contributed by atoms with Gasteiger partial charge in [-0.1, -0.05) is 13.3 Å². The van der Waals surface area contributed by atoms with Gasteiger partial charge >= 0.3 is 0 Å². The summed E-state index contributed by atoms with van der Waals surface area (Å²) in [5, 5.41) is 0. The second kappa shape index (κ2) is 6.08. The van der Waals surface area contributed by atoms with Crippen LogP contribution >= 0.6 is 0 Å². The Morgan fingerprint density at radius 2 is 2.40 bits per heavy atom. The second-order valence-electron chi connectivity index (χ2n) is 4.29. The van der Waals surface area contributed by atoms with E-state index in [1.807, 2.05) is 11.8 Å². The van der Waals surface area contributed by atoms with Crippen LogP contribution in [0.3, 0.4) is 0 Å². The maximum Gasteiger partial charge on any atom is 0.239 e. The lowest BCUT2D eigenvalue weighted by Crippen LogP contribution is -2.42. The molecule has 2 N–H and O–H groups in total. The summed E-state index contributed by atoms with van der Waals surface area (Å²) in [6.07, 6.45) is 2.78. The number of hydrogen-bond donors (Lipinski definition) is 1. The minimum absolute atomic E-state index is 0.107. The standard InChI is InChI=1S/C11H22N2O2/c1-3-4-10(12)11(14)13-6-5-9(7-13)8-15-2/h9-10H,3-8,12H2,1-2H3. The molecular formula is C11H22N2O2. The van der Waals surface area contributed by atoms with Gasteiger partial charge in [-0.15, -0.1) is 0 Å². The van der Waals surface area contributed by atoms with Crippen LogP contribution in [0.5, 0.6) is 0 Å². The Morgan fingerprint density at radius 3 is 3.00 bits per heavy atom. The Bertz CT molecular complexity index is 209. The number of methoxy groups -OCH3 is 1. The van der Waals surface area contributed by atoms with Crippen LogP contribution in [0.4, 0.5) is 0 Å². The van der Waals surface area contributed by atoms with E-state index in [1.54, 1.807) is 7.11 Å². The molecule has 1 rings (SSSR count). The van der Waals surface area contributed by atoms with Crippen LogP contribution < -0.4 is 5.73 Å². The predicted octanol–water partition coefficient (Wildman–Crippen LogP) is 0.609. The summed E-state index contributed by atoms with van der Waals surface area (Å²) in [7, 11) is 1.70. The molecule has 0 saturated carbocycles. The molecule has 1 aliphatic rings. The Labute approximate surface area is 91.8 Å². The maximum atomic E-state index is 11.8. The van der Waals surface area contributed by atoms with E-state index in [4.69, 9.17) is 10.5 Å². The highest BCUT2D eigenvalue weighted by molar-refractivity contribution is 5.81. The van der Waals surface area contributed by atoms with Crippen molar-refractivity contribution in [1.29, 1.82) is 0 Å². The minimum Gasteiger partial charge on any atom is -0.384 e. The zero-order valence-corrected chi connectivity index (χ0v) is 9.74. The molecular weight excluding hydrogens is 192 g/mol. The van der Waals surface area contributed by atoms with Crippen molar-refractivity contribution in [2.24, 2.45) is 11.7 Å². The number of nitrogens with zero attached hydrogens (tertiary/aromatic N) is 1. The SMILES string of the molecule is CCCC(N)C(=O)N1CCC(COC)C1. The quantitative estimate of drug-likeness (QED) is 0.729. The molecule has 1 amide bonds. The number of carbonyl (C=O) groups excluding carboxylic acids is 1. The van der Waals surface area contributed by atoms with Gasteiger partial charge in [0.15, 0.2) is 0 Å². The number of rotatable bonds is 5. The predicted molar refractivity (Wildman–Crippen MR) is 59.4 cm³/mol. The molecule has 1 fully saturated rings. The Hall–Kier alpha value is -0.610. The Kier molecular flexibility index (Phi) is 5.05. The second-order valence-corrected chi connectivity index (χ2v) is 4.29. The third kappa shape index (κ3) is 3.47. The molecule has 15 heavy (non-hydrogen) atoms. The molecule has 1 aliphatic heterocycles. The van der Waals surface area contributed by atoms with Crippen molar-refractivity contribution >= 4 is 5.91 Å². The fourth-order valence-electron chi connectivity index (χ4n) is 2.07. The van der Waals surface area contributed by atoms with Crippen molar-refractivity contribution in [3.05, 3.63) is 0 Å². The van der Waals surface area contributed by atoms with Crippen LogP contribution in [0.2, 0.25) is 0 Å². The van der Waals surface area contributed by atoms with Crippen LogP contribution in [0, 0.1) is 5.92 Å². The zero-order valence-electron chi connectivity index (χ0n) is 9.74. The van der Waals surface area contributed by atoms with Crippen molar-refractivity contribution in [3.8, 4) is 0 Å². The van der Waals surface area contributed by atoms with Crippen LogP contribution in [-0.4, -0.2) is 43.7 Å². The highest BCUT2D eigenvalue weighted by atomic mass is 16.5. The topological polar surface area (TPSA) is 55.6 Å². The molecule has 1 saturated heterocycles. The zero-order chi connectivity index (χ0) is 11.3. The Morgan fingerprint density at radius 1 is 1.67 bits per heavy atom. The minimum atomic E-state index is -0.309. The van der Waals surface area contributed by atoms with E-state index >= 15 is 0 Å². The highest BCUT2D eigenvalue weighted by Crippen LogP contribution is 2.17. The lowest BCUT2D eigenvalue weighted by molar-refractivity contribution is -0.131. The van der Waals surface area contributed by atoms with Gasteiger partial charge < -0.3 is 15.4 Å². The number of nitrogens with two attached hydrogens (primary N) is 1. The molecule has 0 radical (unpaired) electrons. The number of amides is 1. The van der Waals surface area contributed by atoms with E-state index < -0.39 is 0 Å². The average molecular weight is 214 g/mol. The summed E-state index contributed by atoms with van der Waals surface area (Å²) in [5.74, 6) is 0.600. The smallest absolute Gasteiger partial charge is 0.239 e. The molecule has 2 atom stereocenters. The van der Waals surface area contributed by atoms with Gasteiger partial charge in [0.25, 0.3) is 0 Å². The molecule has 0 aromatic rings. The van der Waals surface area contributed by atoms with Gasteiger partial charge in [0, 0.05) is 26.1 Å². The lowest BCUT2D eigenvalue weighted by atomic mass is 10.1. The molecule has 1 heterocycles. The molecule has 0 bridgehead atoms. The third-order valence-corrected chi connectivity index (χ3v) is 2.92. The summed E-state index contributed by atoms with van der Waals surface area (Å²) in [6, 6.07) is -0.309. The number of carbonyl (C=O) groups is 1. The lowest BCUT2D eigenvalue weighted by Gasteiger charge is -2.20. The van der Waals surface area contributed by atoms with E-state index in [1.165, 1.54) is 0 Å². The average Bonchev–Trinajstić information content (AvgIpc) is 2.66. The van der Waals surface area contributed by atoms with Crippen LogP contribution in [0.1, 0.15) is 26.2 Å². The van der Waals surface area contributed by atoms with Crippen molar-refractivity contribution in [2.75, 3.05) is 26.8 Å². The first kappa shape index (κ1) is 12.5. The van der Waals surface area contributed by atoms with Gasteiger partial charge in [-0.25, -0.2) is 0 Å². The fourth-order valence-corrected chi connectivity index (χ4v) is 2.07. The molecule has 4 nitrogen and oxygen atoms in total. The maximum absolute atomic E-state index is 11.8.